The van der Waals surface area contributed by atoms with Gasteiger partial charge in [0.2, 0.25) is 0 Å². The van der Waals surface area contributed by atoms with E-state index >= 15 is 0 Å². The summed E-state index contributed by atoms with van der Waals surface area (Å²) in [5.41, 5.74) is 1.04. The van der Waals surface area contributed by atoms with Crippen LogP contribution in [0.3, 0.4) is 0 Å². The Bertz CT molecular complexity index is 438. The van der Waals surface area contributed by atoms with Gasteiger partial charge < -0.3 is 10.2 Å². The fourth-order valence-corrected chi connectivity index (χ4v) is 2.82. The van der Waals surface area contributed by atoms with Crippen LogP contribution in [0.4, 0.5) is 5.82 Å². The minimum Gasteiger partial charge on any atom is -0.370 e. The van der Waals surface area contributed by atoms with Crippen LogP contribution in [-0.4, -0.2) is 59.0 Å². The third kappa shape index (κ3) is 5.25. The predicted molar refractivity (Wildman–Crippen MR) is 87.5 cm³/mol. The number of nitrogens with zero attached hydrogens (tertiary/aromatic N) is 4. The molecule has 5 heteroatoms. The second-order valence-corrected chi connectivity index (χ2v) is 6.31. The van der Waals surface area contributed by atoms with Gasteiger partial charge in [-0.3, -0.25) is 4.90 Å². The fraction of sp³-hybridized carbons (Fsp3) is 0.750. The number of nitrogens with one attached hydrogen (secondary N) is 1. The van der Waals surface area contributed by atoms with Gasteiger partial charge in [-0.2, -0.15) is 0 Å². The van der Waals surface area contributed by atoms with Crippen LogP contribution < -0.4 is 5.32 Å². The lowest BCUT2D eigenvalue weighted by Gasteiger charge is -2.35. The minimum absolute atomic E-state index is 0.749. The monoisotopic (exact) mass is 291 g/mol. The molecule has 1 N–H and O–H groups in total. The van der Waals surface area contributed by atoms with Crippen molar-refractivity contribution in [2.75, 3.05) is 44.6 Å². The second-order valence-electron chi connectivity index (χ2n) is 6.31. The van der Waals surface area contributed by atoms with E-state index in [4.69, 9.17) is 0 Å². The van der Waals surface area contributed by atoms with Gasteiger partial charge in [-0.05, 0) is 19.8 Å². The topological polar surface area (TPSA) is 44.3 Å². The second kappa shape index (κ2) is 7.71. The van der Waals surface area contributed by atoms with Gasteiger partial charge in [-0.25, -0.2) is 9.97 Å². The molecule has 1 aromatic rings. The lowest BCUT2D eigenvalue weighted by Crippen LogP contribution is -2.47. The van der Waals surface area contributed by atoms with Crippen molar-refractivity contribution in [2.24, 2.45) is 5.92 Å². The molecule has 0 atom stereocenters. The van der Waals surface area contributed by atoms with E-state index in [2.05, 4.69) is 45.9 Å². The van der Waals surface area contributed by atoms with Gasteiger partial charge in [-0.1, -0.05) is 13.8 Å². The number of hydrogen-bond acceptors (Lipinski definition) is 5. The smallest absolute Gasteiger partial charge is 0.144 e. The fourth-order valence-electron chi connectivity index (χ4n) is 2.82. The third-order valence-electron chi connectivity index (χ3n) is 3.71. The van der Waals surface area contributed by atoms with Gasteiger partial charge in [0.15, 0.2) is 0 Å². The Hall–Kier alpha value is -1.20. The minimum atomic E-state index is 0.749. The van der Waals surface area contributed by atoms with Crippen LogP contribution in [0.15, 0.2) is 6.07 Å². The van der Waals surface area contributed by atoms with E-state index in [-0.39, 0.29) is 0 Å². The predicted octanol–water partition coefficient (Wildman–Crippen LogP) is 1.99. The highest BCUT2D eigenvalue weighted by Crippen LogP contribution is 2.11. The molecule has 21 heavy (non-hydrogen) atoms. The Labute approximate surface area is 128 Å². The maximum Gasteiger partial charge on any atom is 0.144 e. The van der Waals surface area contributed by atoms with Crippen LogP contribution in [0.25, 0.3) is 0 Å². The molecular weight excluding hydrogens is 262 g/mol. The third-order valence-corrected chi connectivity index (χ3v) is 3.71. The number of anilines is 1. The summed E-state index contributed by atoms with van der Waals surface area (Å²) in [5.74, 6) is 2.63. The van der Waals surface area contributed by atoms with Gasteiger partial charge in [-0.15, -0.1) is 0 Å². The summed E-state index contributed by atoms with van der Waals surface area (Å²) in [4.78, 5) is 14.2. The zero-order valence-corrected chi connectivity index (χ0v) is 13.9. The first kappa shape index (κ1) is 16.2. The van der Waals surface area contributed by atoms with Crippen molar-refractivity contribution in [1.29, 1.82) is 0 Å². The van der Waals surface area contributed by atoms with Gasteiger partial charge in [0.1, 0.15) is 11.6 Å². The molecule has 1 aliphatic heterocycles. The highest BCUT2D eigenvalue weighted by molar-refractivity contribution is 5.35. The van der Waals surface area contributed by atoms with E-state index in [9.17, 15) is 0 Å². The first-order valence-corrected chi connectivity index (χ1v) is 8.10. The largest absolute Gasteiger partial charge is 0.370 e. The number of rotatable bonds is 6. The van der Waals surface area contributed by atoms with E-state index in [1.165, 1.54) is 6.54 Å². The van der Waals surface area contributed by atoms with Crippen LogP contribution in [0.1, 0.15) is 32.3 Å². The molecule has 0 amide bonds. The number of hydrogen-bond donors (Lipinski definition) is 1. The Morgan fingerprint density at radius 3 is 2.43 bits per heavy atom. The average molecular weight is 291 g/mol. The SMILES string of the molecule is CCNc1cc(C)nc(CN2CCN(CC(C)C)CC2)n1. The summed E-state index contributed by atoms with van der Waals surface area (Å²) in [6.07, 6.45) is 0. The van der Waals surface area contributed by atoms with E-state index in [1.807, 2.05) is 13.0 Å². The maximum atomic E-state index is 4.61. The normalized spacial score (nSPS) is 17.4. The molecule has 1 aliphatic rings. The molecule has 118 valence electrons. The molecular formula is C16H29N5. The number of aromatic nitrogens is 2. The first-order valence-electron chi connectivity index (χ1n) is 8.10. The summed E-state index contributed by atoms with van der Waals surface area (Å²) in [6, 6.07) is 2.01. The van der Waals surface area contributed by atoms with Crippen LogP contribution in [0.5, 0.6) is 0 Å². The van der Waals surface area contributed by atoms with Crippen molar-refractivity contribution in [1.82, 2.24) is 19.8 Å². The van der Waals surface area contributed by atoms with Gasteiger partial charge >= 0.3 is 0 Å². The Morgan fingerprint density at radius 2 is 1.81 bits per heavy atom. The van der Waals surface area contributed by atoms with E-state index in [0.717, 1.165) is 62.5 Å². The zero-order chi connectivity index (χ0) is 15.2. The first-order chi connectivity index (χ1) is 10.1. The van der Waals surface area contributed by atoms with Crippen molar-refractivity contribution in [3.8, 4) is 0 Å². The molecule has 5 nitrogen and oxygen atoms in total. The molecule has 0 bridgehead atoms. The number of piperazine rings is 1. The molecule has 1 saturated heterocycles. The summed E-state index contributed by atoms with van der Waals surface area (Å²) in [5, 5.41) is 3.28. The lowest BCUT2D eigenvalue weighted by molar-refractivity contribution is 0.115. The lowest BCUT2D eigenvalue weighted by atomic mass is 10.2. The summed E-state index contributed by atoms with van der Waals surface area (Å²) in [6.45, 7) is 16.2. The quantitative estimate of drug-likeness (QED) is 0.868. The highest BCUT2D eigenvalue weighted by atomic mass is 15.3. The van der Waals surface area contributed by atoms with Crippen LogP contribution in [0.2, 0.25) is 0 Å². The van der Waals surface area contributed by atoms with Crippen molar-refractivity contribution in [3.05, 3.63) is 17.6 Å². The molecule has 2 heterocycles. The molecule has 0 unspecified atom stereocenters. The number of aryl methyl sites for hydroxylation is 1. The van der Waals surface area contributed by atoms with Crippen molar-refractivity contribution >= 4 is 5.82 Å². The van der Waals surface area contributed by atoms with Crippen molar-refractivity contribution in [3.63, 3.8) is 0 Å². The average Bonchev–Trinajstić information content (AvgIpc) is 2.40. The standard InChI is InChI=1S/C16H29N5/c1-5-17-15-10-14(4)18-16(19-15)12-21-8-6-20(7-9-21)11-13(2)3/h10,13H,5-9,11-12H2,1-4H3,(H,17,18,19). The summed E-state index contributed by atoms with van der Waals surface area (Å²) < 4.78 is 0. The maximum absolute atomic E-state index is 4.61. The van der Waals surface area contributed by atoms with E-state index in [1.54, 1.807) is 0 Å². The Morgan fingerprint density at radius 1 is 1.14 bits per heavy atom. The van der Waals surface area contributed by atoms with Crippen LogP contribution >= 0.6 is 0 Å². The molecule has 0 aliphatic carbocycles. The molecule has 1 fully saturated rings. The molecule has 0 spiro atoms. The van der Waals surface area contributed by atoms with Gasteiger partial charge in [0, 0.05) is 51.0 Å². The van der Waals surface area contributed by atoms with E-state index in [0.29, 0.717) is 0 Å². The van der Waals surface area contributed by atoms with Gasteiger partial charge in [0.25, 0.3) is 0 Å². The zero-order valence-electron chi connectivity index (χ0n) is 13.9. The summed E-state index contributed by atoms with van der Waals surface area (Å²) >= 11 is 0. The molecule has 2 rings (SSSR count). The highest BCUT2D eigenvalue weighted by Gasteiger charge is 2.18. The van der Waals surface area contributed by atoms with Gasteiger partial charge in [0.05, 0.1) is 6.54 Å². The van der Waals surface area contributed by atoms with Crippen LogP contribution in [-0.2, 0) is 6.54 Å². The van der Waals surface area contributed by atoms with Crippen molar-refractivity contribution in [2.45, 2.75) is 34.2 Å². The van der Waals surface area contributed by atoms with Crippen molar-refractivity contribution < 1.29 is 0 Å². The summed E-state index contributed by atoms with van der Waals surface area (Å²) in [7, 11) is 0. The Kier molecular flexibility index (Phi) is 5.94. The van der Waals surface area contributed by atoms with E-state index < -0.39 is 0 Å². The molecule has 0 radical (unpaired) electrons. The Balaban J connectivity index is 1.88. The molecule has 1 aromatic heterocycles. The molecule has 0 saturated carbocycles. The van der Waals surface area contributed by atoms with Crippen LogP contribution in [0, 0.1) is 12.8 Å². The molecule has 0 aromatic carbocycles.